The molecule has 29 heavy (non-hydrogen) atoms. The first-order valence-corrected chi connectivity index (χ1v) is 10.2. The van der Waals surface area contributed by atoms with Gasteiger partial charge >= 0.3 is 5.97 Å². The molecule has 0 unspecified atom stereocenters. The van der Waals surface area contributed by atoms with Gasteiger partial charge in [-0.05, 0) is 17.5 Å². The summed E-state index contributed by atoms with van der Waals surface area (Å²) in [6, 6.07) is 7.98. The number of aromatic nitrogens is 2. The van der Waals surface area contributed by atoms with E-state index in [2.05, 4.69) is 14.9 Å². The maximum absolute atomic E-state index is 12.7. The minimum Gasteiger partial charge on any atom is -0.464 e. The normalized spacial score (nSPS) is 11.2. The molecule has 3 rings (SSSR count). The molecule has 2 aromatic heterocycles. The molecule has 0 aliphatic rings. The Balaban J connectivity index is 1.80. The minimum atomic E-state index is -0.494. The third-order valence-electron chi connectivity index (χ3n) is 4.56. The fraction of sp³-hybridized carbons (Fsp3) is 0.381. The van der Waals surface area contributed by atoms with E-state index in [9.17, 15) is 9.59 Å². The van der Waals surface area contributed by atoms with Gasteiger partial charge in [0.15, 0.2) is 10.8 Å². The van der Waals surface area contributed by atoms with E-state index in [1.54, 1.807) is 7.11 Å². The van der Waals surface area contributed by atoms with Crippen LogP contribution in [0.5, 0.6) is 0 Å². The average molecular weight is 416 g/mol. The van der Waals surface area contributed by atoms with Crippen molar-refractivity contribution in [2.45, 2.75) is 32.7 Å². The smallest absolute Gasteiger partial charge is 0.357 e. The summed E-state index contributed by atoms with van der Waals surface area (Å²) in [6.45, 7) is 5.25. The van der Waals surface area contributed by atoms with E-state index >= 15 is 0 Å². The van der Waals surface area contributed by atoms with Crippen LogP contribution in [0.2, 0.25) is 0 Å². The molecule has 0 bridgehead atoms. The van der Waals surface area contributed by atoms with Crippen molar-refractivity contribution in [3.05, 3.63) is 46.6 Å². The molecular weight excluding hydrogens is 390 g/mol. The first-order chi connectivity index (χ1) is 13.9. The molecule has 154 valence electrons. The Bertz CT molecular complexity index is 1020. The summed E-state index contributed by atoms with van der Waals surface area (Å²) in [4.78, 5) is 29.7. The lowest BCUT2D eigenvalue weighted by atomic mass is 10.1. The van der Waals surface area contributed by atoms with Crippen molar-refractivity contribution in [2.24, 2.45) is 0 Å². The van der Waals surface area contributed by atoms with Crippen LogP contribution in [0.25, 0.3) is 10.9 Å². The van der Waals surface area contributed by atoms with Gasteiger partial charge in [-0.1, -0.05) is 32.0 Å². The highest BCUT2D eigenvalue weighted by atomic mass is 32.1. The zero-order valence-corrected chi connectivity index (χ0v) is 17.8. The number of para-hydroxylation sites is 1. The van der Waals surface area contributed by atoms with E-state index in [1.807, 2.05) is 44.3 Å². The SMILES string of the molecule is COCCn1cc(CC(=O)Nc2nc(C(=O)OC)c(C(C)C)s2)c2ccccc21. The number of carbonyl (C=O) groups is 2. The highest BCUT2D eigenvalue weighted by Crippen LogP contribution is 2.30. The fourth-order valence-electron chi connectivity index (χ4n) is 3.19. The molecule has 1 aromatic carbocycles. The molecular formula is C21H25N3O4S. The Morgan fingerprint density at radius 3 is 2.69 bits per heavy atom. The van der Waals surface area contributed by atoms with E-state index in [4.69, 9.17) is 9.47 Å². The number of ether oxygens (including phenoxy) is 2. The van der Waals surface area contributed by atoms with Gasteiger partial charge < -0.3 is 19.4 Å². The van der Waals surface area contributed by atoms with Crippen LogP contribution >= 0.6 is 11.3 Å². The van der Waals surface area contributed by atoms with Gasteiger partial charge in [0, 0.05) is 35.6 Å². The zero-order chi connectivity index (χ0) is 21.0. The molecule has 8 heteroatoms. The van der Waals surface area contributed by atoms with Crippen LogP contribution in [0.3, 0.4) is 0 Å². The number of thiazole rings is 1. The monoisotopic (exact) mass is 415 g/mol. The second-order valence-electron chi connectivity index (χ2n) is 6.96. The van der Waals surface area contributed by atoms with E-state index in [1.165, 1.54) is 18.4 Å². The Morgan fingerprint density at radius 2 is 2.00 bits per heavy atom. The van der Waals surface area contributed by atoms with E-state index in [0.29, 0.717) is 18.3 Å². The molecule has 0 spiro atoms. The van der Waals surface area contributed by atoms with Crippen LogP contribution in [0, 0.1) is 0 Å². The fourth-order valence-corrected chi connectivity index (χ4v) is 4.17. The van der Waals surface area contributed by atoms with Gasteiger partial charge in [-0.3, -0.25) is 4.79 Å². The minimum absolute atomic E-state index is 0.103. The van der Waals surface area contributed by atoms with Crippen molar-refractivity contribution in [3.63, 3.8) is 0 Å². The Kier molecular flexibility index (Phi) is 6.66. The number of amides is 1. The van der Waals surface area contributed by atoms with Crippen molar-refractivity contribution in [2.75, 3.05) is 26.1 Å². The van der Waals surface area contributed by atoms with Gasteiger partial charge in [0.1, 0.15) is 0 Å². The number of methoxy groups -OCH3 is 2. The first-order valence-electron chi connectivity index (χ1n) is 9.39. The standard InChI is InChI=1S/C21H25N3O4S/c1-13(2)19-18(20(26)28-4)23-21(29-19)22-17(25)11-14-12-24(9-10-27-3)16-8-6-5-7-15(14)16/h5-8,12-13H,9-11H2,1-4H3,(H,22,23,25). The van der Waals surface area contributed by atoms with Gasteiger partial charge in [0.25, 0.3) is 0 Å². The van der Waals surface area contributed by atoms with Crippen molar-refractivity contribution >= 4 is 39.2 Å². The Labute approximate surface area is 173 Å². The average Bonchev–Trinajstić information content (AvgIpc) is 3.28. The summed E-state index contributed by atoms with van der Waals surface area (Å²) < 4.78 is 12.1. The number of benzene rings is 1. The number of esters is 1. The summed E-state index contributed by atoms with van der Waals surface area (Å²) in [5, 5.41) is 4.27. The topological polar surface area (TPSA) is 82.5 Å². The number of nitrogens with one attached hydrogen (secondary N) is 1. The quantitative estimate of drug-likeness (QED) is 0.565. The molecule has 1 amide bonds. The molecule has 0 radical (unpaired) electrons. The number of rotatable bonds is 8. The van der Waals surface area contributed by atoms with Crippen molar-refractivity contribution < 1.29 is 19.1 Å². The van der Waals surface area contributed by atoms with Crippen LogP contribution in [-0.2, 0) is 27.2 Å². The summed E-state index contributed by atoms with van der Waals surface area (Å²) in [6.07, 6.45) is 2.20. The molecule has 0 aliphatic heterocycles. The highest BCUT2D eigenvalue weighted by Gasteiger charge is 2.22. The number of hydrogen-bond donors (Lipinski definition) is 1. The molecule has 0 fully saturated rings. The van der Waals surface area contributed by atoms with Crippen LogP contribution in [0.15, 0.2) is 30.5 Å². The first kappa shape index (κ1) is 21.0. The number of fused-ring (bicyclic) bond motifs is 1. The summed E-state index contributed by atoms with van der Waals surface area (Å²) >= 11 is 1.30. The van der Waals surface area contributed by atoms with Gasteiger partial charge in [0.05, 0.1) is 20.1 Å². The van der Waals surface area contributed by atoms with Crippen molar-refractivity contribution in [1.29, 1.82) is 0 Å². The third kappa shape index (κ3) is 4.65. The molecule has 2 heterocycles. The number of anilines is 1. The predicted molar refractivity (Wildman–Crippen MR) is 114 cm³/mol. The summed E-state index contributed by atoms with van der Waals surface area (Å²) in [5.41, 5.74) is 2.26. The van der Waals surface area contributed by atoms with Crippen LogP contribution in [0.1, 0.15) is 40.7 Å². The van der Waals surface area contributed by atoms with Gasteiger partial charge in [-0.15, -0.1) is 11.3 Å². The van der Waals surface area contributed by atoms with Gasteiger partial charge in [0.2, 0.25) is 5.91 Å². The molecule has 7 nitrogen and oxygen atoms in total. The maximum atomic E-state index is 12.7. The highest BCUT2D eigenvalue weighted by molar-refractivity contribution is 7.16. The van der Waals surface area contributed by atoms with Crippen LogP contribution < -0.4 is 5.32 Å². The molecule has 0 atom stereocenters. The zero-order valence-electron chi connectivity index (χ0n) is 17.0. The van der Waals surface area contributed by atoms with E-state index < -0.39 is 5.97 Å². The van der Waals surface area contributed by atoms with Crippen molar-refractivity contribution in [1.82, 2.24) is 9.55 Å². The Morgan fingerprint density at radius 1 is 1.24 bits per heavy atom. The lowest BCUT2D eigenvalue weighted by molar-refractivity contribution is -0.115. The van der Waals surface area contributed by atoms with Crippen molar-refractivity contribution in [3.8, 4) is 0 Å². The molecule has 1 N–H and O–H groups in total. The molecule has 3 aromatic rings. The van der Waals surface area contributed by atoms with Gasteiger partial charge in [-0.2, -0.15) is 0 Å². The van der Waals surface area contributed by atoms with E-state index in [-0.39, 0.29) is 23.9 Å². The number of hydrogen-bond acceptors (Lipinski definition) is 6. The lowest BCUT2D eigenvalue weighted by Crippen LogP contribution is -2.14. The molecule has 0 aliphatic carbocycles. The van der Waals surface area contributed by atoms with Gasteiger partial charge in [-0.25, -0.2) is 9.78 Å². The predicted octanol–water partition coefficient (Wildman–Crippen LogP) is 3.84. The maximum Gasteiger partial charge on any atom is 0.357 e. The second-order valence-corrected chi connectivity index (χ2v) is 7.99. The lowest BCUT2D eigenvalue weighted by Gasteiger charge is -2.03. The molecule has 0 saturated carbocycles. The second kappa shape index (κ2) is 9.19. The largest absolute Gasteiger partial charge is 0.464 e. The number of carbonyl (C=O) groups excluding carboxylic acids is 2. The van der Waals surface area contributed by atoms with Crippen LogP contribution in [0.4, 0.5) is 5.13 Å². The summed E-state index contributed by atoms with van der Waals surface area (Å²) in [5.74, 6) is -0.571. The van der Waals surface area contributed by atoms with E-state index in [0.717, 1.165) is 21.3 Å². The third-order valence-corrected chi connectivity index (χ3v) is 5.83. The Hall–Kier alpha value is -2.71. The summed E-state index contributed by atoms with van der Waals surface area (Å²) in [7, 11) is 2.99. The number of nitrogens with zero attached hydrogens (tertiary/aromatic N) is 2. The van der Waals surface area contributed by atoms with Crippen LogP contribution in [-0.4, -0.2) is 42.3 Å². The molecule has 0 saturated heterocycles.